The number of carbonyl (C=O) groups is 3. The molecule has 43 heavy (non-hydrogen) atoms. The lowest BCUT2D eigenvalue weighted by atomic mass is 9.95. The number of alkyl carbamates (subject to hydrolysis) is 1. The third kappa shape index (κ3) is 8.22. The van der Waals surface area contributed by atoms with Gasteiger partial charge in [0.25, 0.3) is 5.91 Å². The summed E-state index contributed by atoms with van der Waals surface area (Å²) in [6.07, 6.45) is -0.465. The molecular weight excluding hydrogens is 538 g/mol. The molecule has 4 rings (SSSR count). The number of amides is 3. The predicted molar refractivity (Wildman–Crippen MR) is 172 cm³/mol. The van der Waals surface area contributed by atoms with Gasteiger partial charge in [-0.15, -0.1) is 0 Å². The average molecular weight is 580 g/mol. The molecule has 0 aliphatic rings. The highest BCUT2D eigenvalue weighted by Crippen LogP contribution is 2.30. The number of ether oxygens (including phenoxy) is 1. The fourth-order valence-electron chi connectivity index (χ4n) is 5.15. The second-order valence-corrected chi connectivity index (χ2v) is 12.0. The van der Waals surface area contributed by atoms with Crippen molar-refractivity contribution >= 4 is 34.4 Å². The van der Waals surface area contributed by atoms with Gasteiger partial charge in [-0.25, -0.2) is 4.79 Å². The largest absolute Gasteiger partial charge is 0.444 e. The highest BCUT2D eigenvalue weighted by molar-refractivity contribution is 6.00. The van der Waals surface area contributed by atoms with Crippen molar-refractivity contribution in [2.24, 2.45) is 0 Å². The molecule has 3 amide bonds. The van der Waals surface area contributed by atoms with Crippen LogP contribution in [0.5, 0.6) is 0 Å². The zero-order chi connectivity index (χ0) is 31.1. The van der Waals surface area contributed by atoms with Crippen molar-refractivity contribution in [2.45, 2.75) is 71.7 Å². The van der Waals surface area contributed by atoms with E-state index in [9.17, 15) is 14.4 Å². The van der Waals surface area contributed by atoms with E-state index < -0.39 is 23.8 Å². The summed E-state index contributed by atoms with van der Waals surface area (Å²) in [5.74, 6) is -0.728. The number of carbonyl (C=O) groups excluding carboxylic acids is 3. The van der Waals surface area contributed by atoms with Gasteiger partial charge in [0, 0.05) is 18.2 Å². The molecule has 0 aliphatic heterocycles. The number of anilines is 1. The number of hydrogen-bond donors (Lipinski definition) is 2. The van der Waals surface area contributed by atoms with Gasteiger partial charge < -0.3 is 20.3 Å². The fraction of sp³-hybridized carbons (Fsp3) is 0.306. The summed E-state index contributed by atoms with van der Waals surface area (Å²) in [4.78, 5) is 43.3. The molecule has 7 heteroatoms. The van der Waals surface area contributed by atoms with Gasteiger partial charge in [-0.2, -0.15) is 0 Å². The van der Waals surface area contributed by atoms with Crippen molar-refractivity contribution in [1.29, 1.82) is 0 Å². The summed E-state index contributed by atoms with van der Waals surface area (Å²) < 4.78 is 5.52. The van der Waals surface area contributed by atoms with Crippen molar-refractivity contribution in [3.8, 4) is 0 Å². The third-order valence-electron chi connectivity index (χ3n) is 7.11. The van der Waals surface area contributed by atoms with Gasteiger partial charge >= 0.3 is 6.09 Å². The molecule has 0 heterocycles. The lowest BCUT2D eigenvalue weighted by Crippen LogP contribution is -2.55. The van der Waals surface area contributed by atoms with Crippen LogP contribution in [0.4, 0.5) is 10.5 Å². The fourth-order valence-corrected chi connectivity index (χ4v) is 5.15. The first-order valence-electron chi connectivity index (χ1n) is 14.6. The average Bonchev–Trinajstić information content (AvgIpc) is 2.95. The van der Waals surface area contributed by atoms with Gasteiger partial charge in [0.15, 0.2) is 0 Å². The third-order valence-corrected chi connectivity index (χ3v) is 7.11. The van der Waals surface area contributed by atoms with Gasteiger partial charge in [-0.1, -0.05) is 84.9 Å². The van der Waals surface area contributed by atoms with Gasteiger partial charge in [-0.3, -0.25) is 9.59 Å². The predicted octanol–water partition coefficient (Wildman–Crippen LogP) is 7.20. The molecule has 0 aliphatic carbocycles. The monoisotopic (exact) mass is 579 g/mol. The molecule has 4 aromatic carbocycles. The van der Waals surface area contributed by atoms with Crippen molar-refractivity contribution < 1.29 is 19.1 Å². The van der Waals surface area contributed by atoms with E-state index in [0.29, 0.717) is 11.3 Å². The molecule has 0 spiro atoms. The Morgan fingerprint density at radius 3 is 2.09 bits per heavy atom. The molecule has 224 valence electrons. The molecule has 2 unspecified atom stereocenters. The van der Waals surface area contributed by atoms with Crippen molar-refractivity contribution in [3.63, 3.8) is 0 Å². The second kappa shape index (κ2) is 13.6. The van der Waals surface area contributed by atoms with Crippen LogP contribution in [0.3, 0.4) is 0 Å². The normalized spacial score (nSPS) is 12.8. The Balaban J connectivity index is 1.74. The molecule has 2 N–H and O–H groups in total. The zero-order valence-corrected chi connectivity index (χ0v) is 25.8. The highest BCUT2D eigenvalue weighted by Gasteiger charge is 2.38. The number of nitrogens with one attached hydrogen (secondary N) is 2. The van der Waals surface area contributed by atoms with E-state index in [2.05, 4.69) is 10.6 Å². The van der Waals surface area contributed by atoms with E-state index in [1.165, 1.54) is 0 Å². The molecule has 4 aromatic rings. The molecule has 0 aromatic heterocycles. The first-order valence-corrected chi connectivity index (χ1v) is 14.6. The quantitative estimate of drug-likeness (QED) is 0.220. The van der Waals surface area contributed by atoms with Crippen LogP contribution < -0.4 is 10.6 Å². The van der Waals surface area contributed by atoms with Gasteiger partial charge in [0.05, 0.1) is 0 Å². The Hall–Kier alpha value is -4.65. The molecule has 7 nitrogen and oxygen atoms in total. The molecular formula is C36H41N3O4. The van der Waals surface area contributed by atoms with Crippen LogP contribution in [0.2, 0.25) is 0 Å². The van der Waals surface area contributed by atoms with Gasteiger partial charge in [-0.05, 0) is 81.1 Å². The van der Waals surface area contributed by atoms with Crippen LogP contribution in [0, 0.1) is 6.92 Å². The Morgan fingerprint density at radius 1 is 0.814 bits per heavy atom. The summed E-state index contributed by atoms with van der Waals surface area (Å²) in [5.41, 5.74) is 2.34. The minimum absolute atomic E-state index is 0.231. The highest BCUT2D eigenvalue weighted by atomic mass is 16.6. The zero-order valence-electron chi connectivity index (χ0n) is 25.8. The number of fused-ring (bicyclic) bond motifs is 1. The number of nitrogens with zero attached hydrogens (tertiary/aromatic N) is 1. The minimum Gasteiger partial charge on any atom is -0.444 e. The Kier molecular flexibility index (Phi) is 9.86. The number of benzene rings is 4. The van der Waals surface area contributed by atoms with E-state index in [4.69, 9.17) is 4.74 Å². The van der Waals surface area contributed by atoms with Crippen LogP contribution in [-0.4, -0.2) is 40.5 Å². The van der Waals surface area contributed by atoms with E-state index in [1.54, 1.807) is 25.7 Å². The van der Waals surface area contributed by atoms with E-state index >= 15 is 0 Å². The summed E-state index contributed by atoms with van der Waals surface area (Å²) in [5, 5.41) is 7.92. The number of rotatable bonds is 9. The van der Waals surface area contributed by atoms with Crippen molar-refractivity contribution in [1.82, 2.24) is 10.2 Å². The van der Waals surface area contributed by atoms with Crippen LogP contribution in [0.25, 0.3) is 10.8 Å². The Labute approximate surface area is 254 Å². The maximum absolute atomic E-state index is 14.5. The standard InChI is InChI=1S/C36H41N3O4/c1-24(2)39(34(41)31(22-26-15-8-7-9-16-26)38-35(42)43-36(4,5)6)32(30-19-13-10-14-25(30)3)33(40)37-29-21-20-27-17-11-12-18-28(27)23-29/h7-21,23-24,31-32H,22H2,1-6H3,(H,37,40)(H,38,42). The maximum atomic E-state index is 14.5. The lowest BCUT2D eigenvalue weighted by molar-refractivity contribution is -0.142. The lowest BCUT2D eigenvalue weighted by Gasteiger charge is -2.37. The first-order chi connectivity index (χ1) is 20.4. The van der Waals surface area contributed by atoms with E-state index in [0.717, 1.165) is 21.9 Å². The number of hydrogen-bond acceptors (Lipinski definition) is 4. The summed E-state index contributed by atoms with van der Waals surface area (Å²) >= 11 is 0. The van der Waals surface area contributed by atoms with Gasteiger partial charge in [0.2, 0.25) is 5.91 Å². The minimum atomic E-state index is -0.973. The molecule has 0 bridgehead atoms. The SMILES string of the molecule is Cc1ccccc1C(C(=O)Nc1ccc2ccccc2c1)N(C(=O)C(Cc1ccccc1)NC(=O)OC(C)(C)C)C(C)C. The molecule has 2 atom stereocenters. The topological polar surface area (TPSA) is 87.7 Å². The van der Waals surface area contributed by atoms with Crippen LogP contribution in [-0.2, 0) is 20.7 Å². The molecule has 0 radical (unpaired) electrons. The maximum Gasteiger partial charge on any atom is 0.408 e. The molecule has 0 fully saturated rings. The van der Waals surface area contributed by atoms with Gasteiger partial charge in [0.1, 0.15) is 17.7 Å². The van der Waals surface area contributed by atoms with Crippen LogP contribution in [0.1, 0.15) is 57.4 Å². The van der Waals surface area contributed by atoms with E-state index in [-0.39, 0.29) is 24.3 Å². The smallest absolute Gasteiger partial charge is 0.408 e. The summed E-state index contributed by atoms with van der Waals surface area (Å²) in [6, 6.07) is 28.4. The molecule has 0 saturated carbocycles. The van der Waals surface area contributed by atoms with Crippen molar-refractivity contribution in [3.05, 3.63) is 114 Å². The second-order valence-electron chi connectivity index (χ2n) is 12.0. The number of aryl methyl sites for hydroxylation is 1. The molecule has 0 saturated heterocycles. The first kappa shape index (κ1) is 31.3. The Morgan fingerprint density at radius 2 is 1.44 bits per heavy atom. The Bertz CT molecular complexity index is 1580. The van der Waals surface area contributed by atoms with Crippen LogP contribution >= 0.6 is 0 Å². The summed E-state index contributed by atoms with van der Waals surface area (Å²) in [7, 11) is 0. The van der Waals surface area contributed by atoms with Crippen molar-refractivity contribution in [2.75, 3.05) is 5.32 Å². The van der Waals surface area contributed by atoms with Crippen LogP contribution in [0.15, 0.2) is 97.1 Å². The summed E-state index contributed by atoms with van der Waals surface area (Å²) in [6.45, 7) is 11.0. The van der Waals surface area contributed by atoms with E-state index in [1.807, 2.05) is 118 Å².